The molecule has 0 saturated heterocycles. The molecule has 0 aliphatic heterocycles. The number of carbonyl (C=O) groups is 1. The maximum atomic E-state index is 10.8. The first kappa shape index (κ1) is 15.1. The van der Waals surface area contributed by atoms with Crippen LogP contribution in [0.2, 0.25) is 13.1 Å². The van der Waals surface area contributed by atoms with E-state index < -0.39 is 8.32 Å². The molecular formula is C15H24O2Si. The molecule has 1 aromatic carbocycles. The monoisotopic (exact) mass is 264 g/mol. The third-order valence-corrected chi connectivity index (χ3v) is 5.78. The van der Waals surface area contributed by atoms with Crippen molar-refractivity contribution in [3.8, 4) is 0 Å². The van der Waals surface area contributed by atoms with E-state index in [0.29, 0.717) is 6.42 Å². The van der Waals surface area contributed by atoms with Crippen molar-refractivity contribution in [1.29, 1.82) is 0 Å². The standard InChI is InChI=1S/C15H24O2Si/c1-15(2,3)14(11-12-16)17-18(4,5)13-9-7-6-8-10-13/h6-10,12,14H,11H2,1-5H3. The number of hydrogen-bond acceptors (Lipinski definition) is 2. The summed E-state index contributed by atoms with van der Waals surface area (Å²) in [5, 5.41) is 1.27. The summed E-state index contributed by atoms with van der Waals surface area (Å²) in [6.45, 7) is 10.7. The van der Waals surface area contributed by atoms with Gasteiger partial charge >= 0.3 is 0 Å². The molecule has 0 amide bonds. The van der Waals surface area contributed by atoms with Crippen molar-refractivity contribution in [2.75, 3.05) is 0 Å². The average molecular weight is 264 g/mol. The van der Waals surface area contributed by atoms with E-state index in [-0.39, 0.29) is 11.5 Å². The lowest BCUT2D eigenvalue weighted by atomic mass is 9.88. The molecule has 100 valence electrons. The first-order valence-electron chi connectivity index (χ1n) is 6.44. The number of hydrogen-bond donors (Lipinski definition) is 0. The van der Waals surface area contributed by atoms with Gasteiger partial charge in [-0.05, 0) is 23.7 Å². The lowest BCUT2D eigenvalue weighted by molar-refractivity contribution is -0.110. The van der Waals surface area contributed by atoms with E-state index in [0.717, 1.165) is 6.29 Å². The number of aldehydes is 1. The first-order chi connectivity index (χ1) is 8.27. The van der Waals surface area contributed by atoms with Crippen molar-refractivity contribution >= 4 is 19.8 Å². The highest BCUT2D eigenvalue weighted by Crippen LogP contribution is 2.27. The van der Waals surface area contributed by atoms with Gasteiger partial charge in [0.2, 0.25) is 8.32 Å². The van der Waals surface area contributed by atoms with Crippen LogP contribution >= 0.6 is 0 Å². The van der Waals surface area contributed by atoms with Crippen LogP contribution in [0.1, 0.15) is 27.2 Å². The van der Waals surface area contributed by atoms with E-state index in [4.69, 9.17) is 4.43 Å². The normalized spacial score (nSPS) is 14.3. The van der Waals surface area contributed by atoms with Gasteiger partial charge in [-0.25, -0.2) is 0 Å². The summed E-state index contributed by atoms with van der Waals surface area (Å²) in [6.07, 6.45) is 1.41. The fraction of sp³-hybridized carbons (Fsp3) is 0.533. The molecule has 0 spiro atoms. The second-order valence-corrected chi connectivity index (χ2v) is 10.1. The van der Waals surface area contributed by atoms with Crippen LogP contribution in [0.25, 0.3) is 0 Å². The molecule has 1 aromatic rings. The Bertz CT molecular complexity index is 379. The van der Waals surface area contributed by atoms with Crippen LogP contribution in [0.5, 0.6) is 0 Å². The van der Waals surface area contributed by atoms with Gasteiger partial charge in [-0.15, -0.1) is 0 Å². The van der Waals surface area contributed by atoms with Gasteiger partial charge in [0.05, 0.1) is 6.10 Å². The summed E-state index contributed by atoms with van der Waals surface area (Å²) in [6, 6.07) is 10.3. The Balaban J connectivity index is 2.89. The van der Waals surface area contributed by atoms with Crippen LogP contribution < -0.4 is 5.19 Å². The van der Waals surface area contributed by atoms with Crippen LogP contribution in [0.15, 0.2) is 30.3 Å². The molecule has 0 radical (unpaired) electrons. The number of carbonyl (C=O) groups excluding carboxylic acids is 1. The van der Waals surface area contributed by atoms with Crippen molar-refractivity contribution in [3.05, 3.63) is 30.3 Å². The quantitative estimate of drug-likeness (QED) is 0.603. The highest BCUT2D eigenvalue weighted by atomic mass is 28.4. The number of rotatable bonds is 5. The van der Waals surface area contributed by atoms with Crippen molar-refractivity contribution in [2.45, 2.75) is 46.4 Å². The molecule has 0 aliphatic rings. The lowest BCUT2D eigenvalue weighted by Gasteiger charge is -2.36. The Labute approximate surface area is 111 Å². The van der Waals surface area contributed by atoms with Crippen molar-refractivity contribution < 1.29 is 9.22 Å². The van der Waals surface area contributed by atoms with Crippen LogP contribution in [0, 0.1) is 5.41 Å². The molecule has 0 saturated carbocycles. The molecule has 0 aromatic heterocycles. The molecule has 0 aliphatic carbocycles. The summed E-state index contributed by atoms with van der Waals surface area (Å²) in [4.78, 5) is 10.8. The van der Waals surface area contributed by atoms with Crippen LogP contribution in [-0.4, -0.2) is 20.7 Å². The van der Waals surface area contributed by atoms with Gasteiger partial charge in [0.25, 0.3) is 0 Å². The van der Waals surface area contributed by atoms with E-state index in [1.165, 1.54) is 5.19 Å². The highest BCUT2D eigenvalue weighted by molar-refractivity contribution is 6.84. The molecule has 18 heavy (non-hydrogen) atoms. The molecule has 3 heteroatoms. The summed E-state index contributed by atoms with van der Waals surface area (Å²) in [5.41, 5.74) is -0.0139. The minimum Gasteiger partial charge on any atom is -0.409 e. The lowest BCUT2D eigenvalue weighted by Crippen LogP contribution is -2.50. The predicted octanol–water partition coefficient (Wildman–Crippen LogP) is 3.12. The maximum absolute atomic E-state index is 10.8. The summed E-state index contributed by atoms with van der Waals surface area (Å²) in [5.74, 6) is 0. The first-order valence-corrected chi connectivity index (χ1v) is 9.35. The van der Waals surface area contributed by atoms with Gasteiger partial charge in [0.15, 0.2) is 0 Å². The Morgan fingerprint density at radius 3 is 2.22 bits per heavy atom. The van der Waals surface area contributed by atoms with Gasteiger partial charge in [-0.2, -0.15) is 0 Å². The largest absolute Gasteiger partial charge is 0.409 e. The summed E-state index contributed by atoms with van der Waals surface area (Å²) >= 11 is 0. The summed E-state index contributed by atoms with van der Waals surface area (Å²) in [7, 11) is -1.95. The molecule has 2 nitrogen and oxygen atoms in total. The van der Waals surface area contributed by atoms with Crippen LogP contribution in [-0.2, 0) is 9.22 Å². The summed E-state index contributed by atoms with van der Waals surface area (Å²) < 4.78 is 6.34. The van der Waals surface area contributed by atoms with Gasteiger partial charge < -0.3 is 9.22 Å². The predicted molar refractivity (Wildman–Crippen MR) is 78.6 cm³/mol. The molecule has 1 rings (SSSR count). The Morgan fingerprint density at radius 2 is 1.78 bits per heavy atom. The van der Waals surface area contributed by atoms with Crippen LogP contribution in [0.4, 0.5) is 0 Å². The SMILES string of the molecule is CC(C)(C)C(CC=O)O[Si](C)(C)c1ccccc1. The zero-order chi connectivity index (χ0) is 13.8. The second kappa shape index (κ2) is 5.80. The van der Waals surface area contributed by atoms with Gasteiger partial charge in [-0.3, -0.25) is 0 Å². The molecular weight excluding hydrogens is 240 g/mol. The van der Waals surface area contributed by atoms with Crippen molar-refractivity contribution in [2.24, 2.45) is 5.41 Å². The molecule has 1 unspecified atom stereocenters. The van der Waals surface area contributed by atoms with E-state index >= 15 is 0 Å². The zero-order valence-electron chi connectivity index (χ0n) is 12.1. The number of benzene rings is 1. The fourth-order valence-electron chi connectivity index (χ4n) is 1.93. The van der Waals surface area contributed by atoms with E-state index in [2.05, 4.69) is 46.0 Å². The van der Waals surface area contributed by atoms with Crippen LogP contribution in [0.3, 0.4) is 0 Å². The maximum Gasteiger partial charge on any atom is 0.218 e. The molecule has 1 atom stereocenters. The van der Waals surface area contributed by atoms with Gasteiger partial charge in [0.1, 0.15) is 6.29 Å². The van der Waals surface area contributed by atoms with E-state index in [9.17, 15) is 4.79 Å². The molecule has 0 heterocycles. The van der Waals surface area contributed by atoms with E-state index in [1.807, 2.05) is 18.2 Å². The van der Waals surface area contributed by atoms with Gasteiger partial charge in [0, 0.05) is 6.42 Å². The highest BCUT2D eigenvalue weighted by Gasteiger charge is 2.34. The Morgan fingerprint density at radius 1 is 1.22 bits per heavy atom. The van der Waals surface area contributed by atoms with E-state index in [1.54, 1.807) is 0 Å². The average Bonchev–Trinajstić information content (AvgIpc) is 2.28. The second-order valence-electron chi connectivity index (χ2n) is 6.25. The third-order valence-electron chi connectivity index (χ3n) is 3.18. The smallest absolute Gasteiger partial charge is 0.218 e. The minimum atomic E-state index is -1.95. The Hall–Kier alpha value is -0.933. The fourth-order valence-corrected chi connectivity index (χ4v) is 4.22. The Kier molecular flexibility index (Phi) is 4.88. The zero-order valence-corrected chi connectivity index (χ0v) is 13.1. The van der Waals surface area contributed by atoms with Crippen molar-refractivity contribution in [3.63, 3.8) is 0 Å². The minimum absolute atomic E-state index is 0.0139. The topological polar surface area (TPSA) is 26.3 Å². The van der Waals surface area contributed by atoms with Crippen molar-refractivity contribution in [1.82, 2.24) is 0 Å². The molecule has 0 N–H and O–H groups in total. The molecule has 0 bridgehead atoms. The molecule has 0 fully saturated rings. The van der Waals surface area contributed by atoms with Gasteiger partial charge in [-0.1, -0.05) is 51.1 Å². The third kappa shape index (κ3) is 4.07.